The second kappa shape index (κ2) is 4.18. The molecule has 4 N–H and O–H groups in total. The standard InChI is InChI=1S/C11H15N5O2/c12-11-13-2-8-10(15-11)16(5-14-8)9-1-6(3-17)7(9)4-18/h2,5-7,9,17-18H,1,3-4H2,(H2,12,13,15)/t6-,7-,9+/m0/s1. The monoisotopic (exact) mass is 249 g/mol. The van der Waals surface area contributed by atoms with Crippen LogP contribution in [0.3, 0.4) is 0 Å². The SMILES string of the molecule is Nc1ncc2ncn([C@@H]3C[C@@H](CO)[C@@H]3CO)c2n1. The molecule has 0 aromatic carbocycles. The molecule has 3 atom stereocenters. The van der Waals surface area contributed by atoms with Gasteiger partial charge in [0.1, 0.15) is 5.52 Å². The first-order valence-corrected chi connectivity index (χ1v) is 5.91. The molecule has 1 aliphatic rings. The van der Waals surface area contributed by atoms with Gasteiger partial charge in [0.2, 0.25) is 5.95 Å². The summed E-state index contributed by atoms with van der Waals surface area (Å²) in [4.78, 5) is 12.3. The molecule has 2 aromatic rings. The van der Waals surface area contributed by atoms with Gasteiger partial charge in [-0.2, -0.15) is 4.98 Å². The molecule has 7 heteroatoms. The molecule has 18 heavy (non-hydrogen) atoms. The van der Waals surface area contributed by atoms with Gasteiger partial charge in [-0.15, -0.1) is 0 Å². The number of nitrogens with two attached hydrogens (primary N) is 1. The number of nitrogen functional groups attached to an aromatic ring is 1. The number of nitrogens with zero attached hydrogens (tertiary/aromatic N) is 4. The molecule has 0 amide bonds. The van der Waals surface area contributed by atoms with Gasteiger partial charge >= 0.3 is 0 Å². The zero-order chi connectivity index (χ0) is 12.7. The number of aliphatic hydroxyl groups excluding tert-OH is 2. The first-order chi connectivity index (χ1) is 8.74. The summed E-state index contributed by atoms with van der Waals surface area (Å²) in [5, 5.41) is 18.6. The average Bonchev–Trinajstić information content (AvgIpc) is 2.72. The van der Waals surface area contributed by atoms with E-state index in [1.54, 1.807) is 12.5 Å². The van der Waals surface area contributed by atoms with E-state index < -0.39 is 0 Å². The first kappa shape index (κ1) is 11.4. The lowest BCUT2D eigenvalue weighted by Crippen LogP contribution is -2.42. The third kappa shape index (κ3) is 1.55. The van der Waals surface area contributed by atoms with Crippen molar-refractivity contribution in [2.75, 3.05) is 18.9 Å². The van der Waals surface area contributed by atoms with Crippen LogP contribution in [0.5, 0.6) is 0 Å². The number of rotatable bonds is 3. The highest BCUT2D eigenvalue weighted by molar-refractivity contribution is 5.70. The molecule has 0 saturated heterocycles. The summed E-state index contributed by atoms with van der Waals surface area (Å²) >= 11 is 0. The van der Waals surface area contributed by atoms with E-state index >= 15 is 0 Å². The summed E-state index contributed by atoms with van der Waals surface area (Å²) in [6.07, 6.45) is 4.10. The number of aromatic nitrogens is 4. The lowest BCUT2D eigenvalue weighted by Gasteiger charge is -2.43. The van der Waals surface area contributed by atoms with E-state index in [4.69, 9.17) is 5.73 Å². The Morgan fingerprint density at radius 3 is 2.89 bits per heavy atom. The predicted octanol–water partition coefficient (Wildman–Crippen LogP) is -0.430. The largest absolute Gasteiger partial charge is 0.396 e. The molecule has 0 unspecified atom stereocenters. The lowest BCUT2D eigenvalue weighted by atomic mass is 9.70. The Kier molecular flexibility index (Phi) is 2.64. The van der Waals surface area contributed by atoms with Crippen LogP contribution in [0, 0.1) is 11.8 Å². The Bertz CT molecular complexity index is 570. The second-order valence-corrected chi connectivity index (χ2v) is 4.68. The minimum atomic E-state index is 0.0450. The van der Waals surface area contributed by atoms with Crippen LogP contribution in [0.25, 0.3) is 11.2 Å². The van der Waals surface area contributed by atoms with Crippen molar-refractivity contribution in [3.05, 3.63) is 12.5 Å². The van der Waals surface area contributed by atoms with Crippen LogP contribution in [0.2, 0.25) is 0 Å². The van der Waals surface area contributed by atoms with Gasteiger partial charge in [-0.1, -0.05) is 0 Å². The molecule has 0 radical (unpaired) electrons. The van der Waals surface area contributed by atoms with Crippen LogP contribution in [-0.4, -0.2) is 42.9 Å². The molecule has 2 aromatic heterocycles. The van der Waals surface area contributed by atoms with Crippen molar-refractivity contribution in [3.63, 3.8) is 0 Å². The summed E-state index contributed by atoms with van der Waals surface area (Å²) in [5.41, 5.74) is 6.95. The number of aliphatic hydroxyl groups is 2. The van der Waals surface area contributed by atoms with Crippen molar-refractivity contribution >= 4 is 17.1 Å². The zero-order valence-corrected chi connectivity index (χ0v) is 9.77. The lowest BCUT2D eigenvalue weighted by molar-refractivity contribution is -0.00528. The highest BCUT2D eigenvalue weighted by Crippen LogP contribution is 2.44. The normalized spacial score (nSPS) is 27.3. The topological polar surface area (TPSA) is 110 Å². The van der Waals surface area contributed by atoms with E-state index in [-0.39, 0.29) is 37.0 Å². The van der Waals surface area contributed by atoms with Crippen LogP contribution in [0.15, 0.2) is 12.5 Å². The summed E-state index contributed by atoms with van der Waals surface area (Å²) < 4.78 is 1.92. The van der Waals surface area contributed by atoms with Gasteiger partial charge < -0.3 is 20.5 Å². The smallest absolute Gasteiger partial charge is 0.222 e. The van der Waals surface area contributed by atoms with E-state index in [1.807, 2.05) is 4.57 Å². The van der Waals surface area contributed by atoms with Crippen LogP contribution < -0.4 is 5.73 Å². The molecule has 7 nitrogen and oxygen atoms in total. The van der Waals surface area contributed by atoms with E-state index in [2.05, 4.69) is 15.0 Å². The van der Waals surface area contributed by atoms with Crippen LogP contribution in [0.1, 0.15) is 12.5 Å². The fourth-order valence-electron chi connectivity index (χ4n) is 2.66. The zero-order valence-electron chi connectivity index (χ0n) is 9.77. The molecule has 1 saturated carbocycles. The van der Waals surface area contributed by atoms with Gasteiger partial charge in [0.05, 0.1) is 12.5 Å². The maximum atomic E-state index is 9.38. The minimum Gasteiger partial charge on any atom is -0.396 e. The van der Waals surface area contributed by atoms with Crippen LogP contribution in [0.4, 0.5) is 5.95 Å². The maximum absolute atomic E-state index is 9.38. The second-order valence-electron chi connectivity index (χ2n) is 4.68. The van der Waals surface area contributed by atoms with Crippen LogP contribution >= 0.6 is 0 Å². The molecule has 2 heterocycles. The average molecular weight is 249 g/mol. The van der Waals surface area contributed by atoms with Crippen molar-refractivity contribution in [1.29, 1.82) is 0 Å². The van der Waals surface area contributed by atoms with E-state index in [9.17, 15) is 10.2 Å². The fourth-order valence-corrected chi connectivity index (χ4v) is 2.66. The minimum absolute atomic E-state index is 0.0450. The van der Waals surface area contributed by atoms with E-state index in [0.29, 0.717) is 11.2 Å². The Balaban J connectivity index is 1.98. The Morgan fingerprint density at radius 2 is 2.17 bits per heavy atom. The molecule has 0 bridgehead atoms. The van der Waals surface area contributed by atoms with Crippen molar-refractivity contribution < 1.29 is 10.2 Å². The van der Waals surface area contributed by atoms with Gasteiger partial charge in [-0.3, -0.25) is 0 Å². The van der Waals surface area contributed by atoms with Gasteiger partial charge in [0.15, 0.2) is 5.65 Å². The number of hydrogen-bond acceptors (Lipinski definition) is 6. The molecule has 0 spiro atoms. The molecule has 1 aliphatic carbocycles. The maximum Gasteiger partial charge on any atom is 0.222 e. The first-order valence-electron chi connectivity index (χ1n) is 5.91. The summed E-state index contributed by atoms with van der Waals surface area (Å²) in [5.74, 6) is 0.406. The highest BCUT2D eigenvalue weighted by Gasteiger charge is 2.41. The molecule has 0 aliphatic heterocycles. The Hall–Kier alpha value is -1.73. The van der Waals surface area contributed by atoms with Crippen molar-refractivity contribution in [3.8, 4) is 0 Å². The van der Waals surface area contributed by atoms with Crippen LogP contribution in [-0.2, 0) is 0 Å². The molecular formula is C11H15N5O2. The molecule has 1 fully saturated rings. The highest BCUT2D eigenvalue weighted by atomic mass is 16.3. The number of hydrogen-bond donors (Lipinski definition) is 3. The molecule has 3 rings (SSSR count). The summed E-state index contributed by atoms with van der Waals surface area (Å²) in [7, 11) is 0. The third-order valence-electron chi connectivity index (χ3n) is 3.78. The Morgan fingerprint density at radius 1 is 1.33 bits per heavy atom. The van der Waals surface area contributed by atoms with Crippen molar-refractivity contribution in [2.45, 2.75) is 12.5 Å². The Labute approximate surface area is 103 Å². The van der Waals surface area contributed by atoms with E-state index in [1.165, 1.54) is 0 Å². The molecule has 96 valence electrons. The third-order valence-corrected chi connectivity index (χ3v) is 3.78. The van der Waals surface area contributed by atoms with Crippen molar-refractivity contribution in [2.24, 2.45) is 11.8 Å². The van der Waals surface area contributed by atoms with Gasteiger partial charge in [-0.05, 0) is 12.3 Å². The molecular weight excluding hydrogens is 234 g/mol. The summed E-state index contributed by atoms with van der Waals surface area (Å²) in [6.45, 7) is 0.154. The van der Waals surface area contributed by atoms with E-state index in [0.717, 1.165) is 6.42 Å². The van der Waals surface area contributed by atoms with Gasteiger partial charge in [-0.25, -0.2) is 9.97 Å². The number of imidazole rings is 1. The summed E-state index contributed by atoms with van der Waals surface area (Å²) in [6, 6.07) is 0.117. The van der Waals surface area contributed by atoms with Crippen molar-refractivity contribution in [1.82, 2.24) is 19.5 Å². The quantitative estimate of drug-likeness (QED) is 0.681. The number of fused-ring (bicyclic) bond motifs is 1. The van der Waals surface area contributed by atoms with Gasteiger partial charge in [0.25, 0.3) is 0 Å². The van der Waals surface area contributed by atoms with Gasteiger partial charge in [0, 0.05) is 25.2 Å². The number of anilines is 1. The fraction of sp³-hybridized carbons (Fsp3) is 0.545. The predicted molar refractivity (Wildman–Crippen MR) is 64.5 cm³/mol.